The molecule has 0 aromatic carbocycles. The summed E-state index contributed by atoms with van der Waals surface area (Å²) in [6.07, 6.45) is 1.35. The second-order valence-electron chi connectivity index (χ2n) is 2.23. The number of nitrogens with zero attached hydrogens (tertiary/aromatic N) is 4. The molecule has 2 heterocycles. The molecular weight excluding hydrogens is 144 g/mol. The van der Waals surface area contributed by atoms with E-state index in [-0.39, 0.29) is 5.88 Å². The summed E-state index contributed by atoms with van der Waals surface area (Å²) in [6, 6.07) is 1.53. The van der Waals surface area contributed by atoms with Crippen molar-refractivity contribution in [1.29, 1.82) is 0 Å². The van der Waals surface area contributed by atoms with Gasteiger partial charge in [-0.05, 0) is 6.92 Å². The lowest BCUT2D eigenvalue weighted by atomic mass is 10.4. The molecule has 0 aliphatic rings. The van der Waals surface area contributed by atoms with Crippen LogP contribution in [0.3, 0.4) is 0 Å². The number of hydrogen-bond acceptors (Lipinski definition) is 4. The van der Waals surface area contributed by atoms with Crippen LogP contribution < -0.4 is 0 Å². The molecule has 0 aliphatic heterocycles. The highest BCUT2D eigenvalue weighted by Crippen LogP contribution is 2.09. The molecule has 5 heteroatoms. The van der Waals surface area contributed by atoms with E-state index in [9.17, 15) is 5.11 Å². The second-order valence-corrected chi connectivity index (χ2v) is 2.23. The van der Waals surface area contributed by atoms with Gasteiger partial charge < -0.3 is 5.11 Å². The summed E-state index contributed by atoms with van der Waals surface area (Å²) in [7, 11) is 0. The van der Waals surface area contributed by atoms with E-state index >= 15 is 0 Å². The lowest BCUT2D eigenvalue weighted by Gasteiger charge is -1.95. The van der Waals surface area contributed by atoms with Gasteiger partial charge >= 0.3 is 0 Å². The molecule has 0 saturated carbocycles. The maximum absolute atomic E-state index is 9.26. The van der Waals surface area contributed by atoms with Gasteiger partial charge in [0.2, 0.25) is 5.88 Å². The highest BCUT2D eigenvalue weighted by atomic mass is 16.3. The third-order valence-electron chi connectivity index (χ3n) is 1.36. The summed E-state index contributed by atoms with van der Waals surface area (Å²) < 4.78 is 1.27. The van der Waals surface area contributed by atoms with Gasteiger partial charge in [0.15, 0.2) is 0 Å². The molecule has 0 fully saturated rings. The molecule has 2 rings (SSSR count). The Labute approximate surface area is 62.3 Å². The molecule has 0 bridgehead atoms. The summed E-state index contributed by atoms with van der Waals surface area (Å²) >= 11 is 0. The Bertz CT molecular complexity index is 394. The van der Waals surface area contributed by atoms with Gasteiger partial charge in [-0.2, -0.15) is 14.6 Å². The molecule has 0 aliphatic carbocycles. The lowest BCUT2D eigenvalue weighted by molar-refractivity contribution is 0.434. The zero-order chi connectivity index (χ0) is 7.84. The average Bonchev–Trinajstić information content (AvgIpc) is 2.34. The molecule has 0 radical (unpaired) electrons. The van der Waals surface area contributed by atoms with Crippen molar-refractivity contribution in [2.45, 2.75) is 6.92 Å². The second kappa shape index (κ2) is 1.91. The Balaban J connectivity index is 2.91. The van der Waals surface area contributed by atoms with Gasteiger partial charge in [0.25, 0.3) is 5.78 Å². The van der Waals surface area contributed by atoms with Crippen molar-refractivity contribution in [2.75, 3.05) is 0 Å². The van der Waals surface area contributed by atoms with E-state index in [1.165, 1.54) is 16.9 Å². The van der Waals surface area contributed by atoms with Gasteiger partial charge in [-0.3, -0.25) is 0 Å². The van der Waals surface area contributed by atoms with Crippen molar-refractivity contribution in [3.8, 4) is 5.88 Å². The number of aromatic hydroxyl groups is 1. The zero-order valence-corrected chi connectivity index (χ0v) is 5.89. The van der Waals surface area contributed by atoms with E-state index in [1.807, 2.05) is 0 Å². The first-order valence-electron chi connectivity index (χ1n) is 3.14. The number of aryl methyl sites for hydroxylation is 1. The minimum Gasteiger partial charge on any atom is -0.493 e. The summed E-state index contributed by atoms with van der Waals surface area (Å²) in [6.45, 7) is 1.79. The maximum Gasteiger partial charge on any atom is 0.255 e. The number of fused-ring (bicyclic) bond motifs is 1. The number of rotatable bonds is 0. The van der Waals surface area contributed by atoms with Crippen LogP contribution in [0.5, 0.6) is 5.88 Å². The van der Waals surface area contributed by atoms with Gasteiger partial charge in [0.05, 0.1) is 0 Å². The van der Waals surface area contributed by atoms with Crippen LogP contribution in [0.4, 0.5) is 0 Å². The SMILES string of the molecule is Cc1cc(O)n2ncnc2n1. The highest BCUT2D eigenvalue weighted by Gasteiger charge is 2.01. The van der Waals surface area contributed by atoms with Gasteiger partial charge in [0.1, 0.15) is 6.33 Å². The third-order valence-corrected chi connectivity index (χ3v) is 1.36. The van der Waals surface area contributed by atoms with Gasteiger partial charge in [-0.25, -0.2) is 4.98 Å². The van der Waals surface area contributed by atoms with E-state index < -0.39 is 0 Å². The van der Waals surface area contributed by atoms with Crippen LogP contribution in [0.15, 0.2) is 12.4 Å². The predicted octanol–water partition coefficient (Wildman–Crippen LogP) is 0.138. The molecule has 0 unspecified atom stereocenters. The first-order chi connectivity index (χ1) is 5.27. The number of hydrogen-bond donors (Lipinski definition) is 1. The molecule has 1 N–H and O–H groups in total. The molecule has 5 nitrogen and oxygen atoms in total. The highest BCUT2D eigenvalue weighted by molar-refractivity contribution is 5.31. The normalized spacial score (nSPS) is 10.6. The van der Waals surface area contributed by atoms with E-state index in [2.05, 4.69) is 15.1 Å². The van der Waals surface area contributed by atoms with E-state index in [1.54, 1.807) is 6.92 Å². The minimum atomic E-state index is 0.0602. The van der Waals surface area contributed by atoms with Gasteiger partial charge in [-0.15, -0.1) is 0 Å². The van der Waals surface area contributed by atoms with Crippen LogP contribution in [0.2, 0.25) is 0 Å². The largest absolute Gasteiger partial charge is 0.493 e. The molecule has 2 aromatic heterocycles. The van der Waals surface area contributed by atoms with Crippen molar-refractivity contribution < 1.29 is 5.11 Å². The van der Waals surface area contributed by atoms with Crippen LogP contribution >= 0.6 is 0 Å². The minimum absolute atomic E-state index is 0.0602. The topological polar surface area (TPSA) is 63.3 Å². The monoisotopic (exact) mass is 150 g/mol. The smallest absolute Gasteiger partial charge is 0.255 e. The Morgan fingerprint density at radius 2 is 2.36 bits per heavy atom. The lowest BCUT2D eigenvalue weighted by Crippen LogP contribution is -1.93. The molecule has 0 amide bonds. The van der Waals surface area contributed by atoms with E-state index in [0.717, 1.165) is 5.69 Å². The third kappa shape index (κ3) is 0.813. The van der Waals surface area contributed by atoms with Crippen LogP contribution in [-0.2, 0) is 0 Å². The molecule has 0 atom stereocenters. The standard InChI is InChI=1S/C6H6N4O/c1-4-2-5(11)10-6(9-4)7-3-8-10/h2-3,11H,1H3. The Kier molecular flexibility index (Phi) is 1.06. The van der Waals surface area contributed by atoms with Crippen LogP contribution in [0.1, 0.15) is 5.69 Å². The molecule has 0 spiro atoms. The summed E-state index contributed by atoms with van der Waals surface area (Å²) in [4.78, 5) is 7.85. The van der Waals surface area contributed by atoms with Crippen molar-refractivity contribution in [3.63, 3.8) is 0 Å². The van der Waals surface area contributed by atoms with Gasteiger partial charge in [-0.1, -0.05) is 0 Å². The zero-order valence-electron chi connectivity index (χ0n) is 5.89. The summed E-state index contributed by atoms with van der Waals surface area (Å²) in [5, 5.41) is 13.0. The molecule has 56 valence electrons. The Morgan fingerprint density at radius 1 is 1.55 bits per heavy atom. The van der Waals surface area contributed by atoms with Crippen molar-refractivity contribution >= 4 is 5.78 Å². The Hall–Kier alpha value is -1.65. The van der Waals surface area contributed by atoms with E-state index in [0.29, 0.717) is 5.78 Å². The first-order valence-corrected chi connectivity index (χ1v) is 3.14. The van der Waals surface area contributed by atoms with Crippen molar-refractivity contribution in [3.05, 3.63) is 18.1 Å². The fourth-order valence-electron chi connectivity index (χ4n) is 0.911. The molecule has 0 saturated heterocycles. The predicted molar refractivity (Wildman–Crippen MR) is 37.2 cm³/mol. The van der Waals surface area contributed by atoms with Crippen LogP contribution in [0, 0.1) is 6.92 Å². The molecule has 2 aromatic rings. The first kappa shape index (κ1) is 6.09. The summed E-state index contributed by atoms with van der Waals surface area (Å²) in [5.41, 5.74) is 0.725. The summed E-state index contributed by atoms with van der Waals surface area (Å²) in [5.74, 6) is 0.479. The van der Waals surface area contributed by atoms with Gasteiger partial charge in [0, 0.05) is 11.8 Å². The quantitative estimate of drug-likeness (QED) is 0.580. The molecular formula is C6H6N4O. The van der Waals surface area contributed by atoms with Crippen LogP contribution in [-0.4, -0.2) is 24.7 Å². The number of aromatic nitrogens is 4. The molecule has 11 heavy (non-hydrogen) atoms. The average molecular weight is 150 g/mol. The van der Waals surface area contributed by atoms with Crippen molar-refractivity contribution in [1.82, 2.24) is 19.6 Å². The maximum atomic E-state index is 9.26. The fourth-order valence-corrected chi connectivity index (χ4v) is 0.911. The van der Waals surface area contributed by atoms with E-state index in [4.69, 9.17) is 0 Å². The van der Waals surface area contributed by atoms with Crippen LogP contribution in [0.25, 0.3) is 5.78 Å². The Morgan fingerprint density at radius 3 is 3.18 bits per heavy atom. The van der Waals surface area contributed by atoms with Crippen molar-refractivity contribution in [2.24, 2.45) is 0 Å². The fraction of sp³-hybridized carbons (Fsp3) is 0.167.